The predicted molar refractivity (Wildman–Crippen MR) is 92.0 cm³/mol. The van der Waals surface area contributed by atoms with Crippen LogP contribution in [0.3, 0.4) is 0 Å². The van der Waals surface area contributed by atoms with E-state index >= 15 is 0 Å². The molecule has 3 atom stereocenters. The Morgan fingerprint density at radius 2 is 1.75 bits per heavy atom. The molecule has 0 saturated carbocycles. The Balaban J connectivity index is 2.39. The van der Waals surface area contributed by atoms with Gasteiger partial charge in [0.05, 0.1) is 19.6 Å². The van der Waals surface area contributed by atoms with Gasteiger partial charge in [0.15, 0.2) is 0 Å². The van der Waals surface area contributed by atoms with Crippen molar-refractivity contribution in [1.29, 1.82) is 0 Å². The lowest BCUT2D eigenvalue weighted by Gasteiger charge is -2.50. The third kappa shape index (κ3) is 2.50. The number of carbonyl (C=O) groups is 3. The number of likely N-dealkylation sites (tertiary alicyclic amines) is 1. The Hall–Kier alpha value is -3.21. The molecule has 1 aliphatic carbocycles. The normalized spacial score (nSPS) is 29.0. The zero-order valence-electron chi connectivity index (χ0n) is 14.9. The SMILES string of the molecule is CC(=O)C[C@@H]1[C@]2([N+](=O)[O-])CN(CC(=O)O)C[C@]1([N+](=O)[O-])c1ccccc1C2=O. The topological polar surface area (TPSA) is 161 Å². The molecule has 1 fully saturated rings. The van der Waals surface area contributed by atoms with Gasteiger partial charge in [-0.05, 0) is 6.92 Å². The van der Waals surface area contributed by atoms with Gasteiger partial charge in [0.25, 0.3) is 5.54 Å². The van der Waals surface area contributed by atoms with Gasteiger partial charge in [0.1, 0.15) is 11.7 Å². The van der Waals surface area contributed by atoms with Crippen LogP contribution in [0, 0.1) is 26.1 Å². The molecule has 1 saturated heterocycles. The van der Waals surface area contributed by atoms with Crippen molar-refractivity contribution in [1.82, 2.24) is 4.90 Å². The number of nitrogens with zero attached hydrogens (tertiary/aromatic N) is 3. The van der Waals surface area contributed by atoms with Crippen molar-refractivity contribution < 1.29 is 29.3 Å². The molecule has 3 rings (SSSR count). The van der Waals surface area contributed by atoms with E-state index in [4.69, 9.17) is 5.11 Å². The van der Waals surface area contributed by atoms with Crippen molar-refractivity contribution in [3.63, 3.8) is 0 Å². The third-order valence-corrected chi connectivity index (χ3v) is 5.62. The summed E-state index contributed by atoms with van der Waals surface area (Å²) in [5.74, 6) is -4.33. The summed E-state index contributed by atoms with van der Waals surface area (Å²) < 4.78 is 0. The van der Waals surface area contributed by atoms with E-state index in [-0.39, 0.29) is 11.1 Å². The van der Waals surface area contributed by atoms with Crippen LogP contribution in [0.4, 0.5) is 0 Å². The van der Waals surface area contributed by atoms with Gasteiger partial charge in [0.2, 0.25) is 5.78 Å². The first kappa shape index (κ1) is 19.5. The highest BCUT2D eigenvalue weighted by Gasteiger charge is 2.77. The molecule has 1 aliphatic heterocycles. The van der Waals surface area contributed by atoms with Crippen molar-refractivity contribution >= 4 is 17.5 Å². The van der Waals surface area contributed by atoms with Crippen LogP contribution in [0.15, 0.2) is 24.3 Å². The summed E-state index contributed by atoms with van der Waals surface area (Å²) >= 11 is 0. The zero-order valence-corrected chi connectivity index (χ0v) is 14.9. The summed E-state index contributed by atoms with van der Waals surface area (Å²) in [6.07, 6.45) is -0.539. The molecule has 2 bridgehead atoms. The number of nitro groups is 2. The van der Waals surface area contributed by atoms with E-state index in [9.17, 15) is 34.6 Å². The van der Waals surface area contributed by atoms with Crippen LogP contribution >= 0.6 is 0 Å². The van der Waals surface area contributed by atoms with Gasteiger partial charge in [0, 0.05) is 27.4 Å². The number of ketones is 2. The predicted octanol–water partition coefficient (Wildman–Crippen LogP) is 0.366. The number of rotatable bonds is 6. The maximum absolute atomic E-state index is 13.2. The molecule has 0 radical (unpaired) electrons. The number of piperidine rings is 1. The van der Waals surface area contributed by atoms with Crippen LogP contribution in [-0.2, 0) is 15.1 Å². The lowest BCUT2D eigenvalue weighted by Crippen LogP contribution is -2.75. The minimum Gasteiger partial charge on any atom is -0.480 e. The molecule has 2 aliphatic rings. The van der Waals surface area contributed by atoms with Crippen molar-refractivity contribution in [3.05, 3.63) is 55.6 Å². The van der Waals surface area contributed by atoms with E-state index in [0.717, 1.165) is 11.8 Å². The molecule has 0 aromatic heterocycles. The second-order valence-electron chi connectivity index (χ2n) is 7.24. The van der Waals surface area contributed by atoms with Crippen molar-refractivity contribution in [3.8, 4) is 0 Å². The Kier molecular flexibility index (Phi) is 4.50. The lowest BCUT2D eigenvalue weighted by atomic mass is 9.56. The van der Waals surface area contributed by atoms with Gasteiger partial charge in [-0.25, -0.2) is 0 Å². The Bertz CT molecular complexity index is 915. The number of hydrogen-bond donors (Lipinski definition) is 1. The number of carbonyl (C=O) groups excluding carboxylic acids is 2. The minimum atomic E-state index is -2.49. The molecule has 1 heterocycles. The zero-order chi connectivity index (χ0) is 20.9. The third-order valence-electron chi connectivity index (χ3n) is 5.62. The van der Waals surface area contributed by atoms with Crippen molar-refractivity contribution in [2.45, 2.75) is 24.4 Å². The highest BCUT2D eigenvalue weighted by Crippen LogP contribution is 2.53. The molecule has 148 valence electrons. The van der Waals surface area contributed by atoms with Gasteiger partial charge in [-0.15, -0.1) is 0 Å². The first-order chi connectivity index (χ1) is 13.1. The Labute approximate surface area is 158 Å². The fourth-order valence-electron chi connectivity index (χ4n) is 4.63. The second-order valence-corrected chi connectivity index (χ2v) is 7.24. The first-order valence-electron chi connectivity index (χ1n) is 8.44. The number of hydrogen-bond acceptors (Lipinski definition) is 8. The van der Waals surface area contributed by atoms with Crippen LogP contribution in [0.1, 0.15) is 29.3 Å². The number of benzene rings is 1. The van der Waals surface area contributed by atoms with E-state index in [0.29, 0.717) is 0 Å². The van der Waals surface area contributed by atoms with Crippen LogP contribution < -0.4 is 0 Å². The van der Waals surface area contributed by atoms with E-state index in [2.05, 4.69) is 0 Å². The number of carboxylic acid groups (broad SMARTS) is 1. The molecule has 1 aromatic carbocycles. The summed E-state index contributed by atoms with van der Waals surface area (Å²) in [4.78, 5) is 60.3. The highest BCUT2D eigenvalue weighted by molar-refractivity contribution is 6.06. The summed E-state index contributed by atoms with van der Waals surface area (Å²) in [7, 11) is 0. The molecule has 0 amide bonds. The molecule has 0 unspecified atom stereocenters. The number of fused-ring (bicyclic) bond motifs is 4. The lowest BCUT2D eigenvalue weighted by molar-refractivity contribution is -0.640. The standard InChI is InChI=1S/C17H17N3O8/c1-10(21)6-13-16(19(25)26)8-18(7-14(22)23)9-17(13,20(27)28)15(24)11-4-2-3-5-12(11)16/h2-5,13H,6-9H2,1H3,(H,22,23)/t13-,16-,17+/m0/s1. The highest BCUT2D eigenvalue weighted by atomic mass is 16.6. The summed E-state index contributed by atoms with van der Waals surface area (Å²) in [6, 6.07) is 5.56. The maximum Gasteiger partial charge on any atom is 0.317 e. The fourth-order valence-corrected chi connectivity index (χ4v) is 4.63. The van der Waals surface area contributed by atoms with Gasteiger partial charge < -0.3 is 9.90 Å². The van der Waals surface area contributed by atoms with Crippen LogP contribution in [0.25, 0.3) is 0 Å². The van der Waals surface area contributed by atoms with Crippen LogP contribution in [-0.4, -0.2) is 62.6 Å². The van der Waals surface area contributed by atoms with Gasteiger partial charge in [-0.2, -0.15) is 0 Å². The van der Waals surface area contributed by atoms with Crippen LogP contribution in [0.2, 0.25) is 0 Å². The molecular formula is C17H17N3O8. The maximum atomic E-state index is 13.2. The average Bonchev–Trinajstić information content (AvgIpc) is 2.59. The van der Waals surface area contributed by atoms with Crippen LogP contribution in [0.5, 0.6) is 0 Å². The van der Waals surface area contributed by atoms with Gasteiger partial charge >= 0.3 is 11.5 Å². The molecule has 11 heteroatoms. The smallest absolute Gasteiger partial charge is 0.317 e. The van der Waals surface area contributed by atoms with E-state index < -0.39 is 70.4 Å². The number of Topliss-reactive ketones (excluding diaryl/α,β-unsaturated/α-hetero) is 2. The summed E-state index contributed by atoms with van der Waals surface area (Å²) in [6.45, 7) is -0.623. The van der Waals surface area contributed by atoms with Crippen molar-refractivity contribution in [2.75, 3.05) is 19.6 Å². The first-order valence-corrected chi connectivity index (χ1v) is 8.44. The van der Waals surface area contributed by atoms with Gasteiger partial charge in [-0.1, -0.05) is 24.3 Å². The molecule has 28 heavy (non-hydrogen) atoms. The molecular weight excluding hydrogens is 374 g/mol. The van der Waals surface area contributed by atoms with E-state index in [1.54, 1.807) is 0 Å². The number of carboxylic acids is 1. The molecule has 1 N–H and O–H groups in total. The molecule has 0 spiro atoms. The molecule has 11 nitrogen and oxygen atoms in total. The second kappa shape index (κ2) is 6.44. The van der Waals surface area contributed by atoms with Gasteiger partial charge in [-0.3, -0.25) is 34.7 Å². The largest absolute Gasteiger partial charge is 0.480 e. The quantitative estimate of drug-likeness (QED) is 0.533. The summed E-state index contributed by atoms with van der Waals surface area (Å²) in [5, 5.41) is 33.6. The summed E-state index contributed by atoms with van der Waals surface area (Å²) in [5.41, 5.74) is -4.80. The van der Waals surface area contributed by atoms with Crippen molar-refractivity contribution in [2.24, 2.45) is 5.92 Å². The van der Waals surface area contributed by atoms with E-state index in [1.807, 2.05) is 0 Å². The average molecular weight is 391 g/mol. The Morgan fingerprint density at radius 1 is 1.18 bits per heavy atom. The Morgan fingerprint density at radius 3 is 2.29 bits per heavy atom. The number of aliphatic carboxylic acids is 1. The monoisotopic (exact) mass is 391 g/mol. The van der Waals surface area contributed by atoms with E-state index in [1.165, 1.54) is 24.3 Å². The molecule has 1 aromatic rings. The minimum absolute atomic E-state index is 0.0242. The fraction of sp³-hybridized carbons (Fsp3) is 0.471.